The van der Waals surface area contributed by atoms with E-state index in [0.717, 1.165) is 28.8 Å². The number of allylic oxidation sites excluding steroid dienone is 4. The molecule has 30 heavy (non-hydrogen) atoms. The van der Waals surface area contributed by atoms with Gasteiger partial charge in [-0.25, -0.2) is 4.98 Å². The Bertz CT molecular complexity index is 1030. The van der Waals surface area contributed by atoms with Crippen LogP contribution >= 0.6 is 0 Å². The van der Waals surface area contributed by atoms with Crippen molar-refractivity contribution in [3.63, 3.8) is 0 Å². The molecule has 1 radical (unpaired) electrons. The molecule has 2 heterocycles. The second-order valence-electron chi connectivity index (χ2n) is 8.82. The molecular weight excluding hydrogens is 547 g/mol. The van der Waals surface area contributed by atoms with Crippen molar-refractivity contribution in [1.82, 2.24) is 14.8 Å². The summed E-state index contributed by atoms with van der Waals surface area (Å²) in [5.41, 5.74) is 13.6. The summed E-state index contributed by atoms with van der Waals surface area (Å²) in [6, 6.07) is 16.5. The fourth-order valence-electron chi connectivity index (χ4n) is 3.74. The molecule has 0 amide bonds. The van der Waals surface area contributed by atoms with Crippen LogP contribution in [0.25, 0.3) is 22.5 Å². The maximum absolute atomic E-state index is 8.19. The van der Waals surface area contributed by atoms with E-state index in [1.54, 1.807) is 0 Å². The smallest absolute Gasteiger partial charge is 0.480 e. The first-order chi connectivity index (χ1) is 13.7. The predicted molar refractivity (Wildman–Crippen MR) is 122 cm³/mol. The maximum atomic E-state index is 8.19. The van der Waals surface area contributed by atoms with Gasteiger partial charge in [0.15, 0.2) is 0 Å². The van der Waals surface area contributed by atoms with Crippen molar-refractivity contribution in [1.29, 1.82) is 0 Å². The Kier molecular flexibility index (Phi) is 7.78. The molecule has 0 fully saturated rings. The molecule has 4 rings (SSSR count). The van der Waals surface area contributed by atoms with Crippen molar-refractivity contribution in [3.8, 4) is 0 Å². The summed E-state index contributed by atoms with van der Waals surface area (Å²) in [5.74, 6) is 0.842. The van der Waals surface area contributed by atoms with Crippen molar-refractivity contribution in [2.75, 3.05) is 0 Å². The normalized spacial score (nSPS) is 16.5. The van der Waals surface area contributed by atoms with E-state index in [9.17, 15) is 0 Å². The second kappa shape index (κ2) is 9.71. The Morgan fingerprint density at radius 1 is 1.10 bits per heavy atom. The third-order valence-electron chi connectivity index (χ3n) is 5.06. The zero-order chi connectivity index (χ0) is 21.2. The SMILES string of the molecule is CC1=CC(C)CC(C)=C1n1nc([NH-])c2ccc(C(C)(C)C)nc21.[Os+].[c-]1ccccc1. The third-order valence-corrected chi connectivity index (χ3v) is 5.06. The first-order valence-corrected chi connectivity index (χ1v) is 10.1. The topological polar surface area (TPSA) is 54.5 Å². The molecule has 1 atom stereocenters. The van der Waals surface area contributed by atoms with E-state index in [1.165, 1.54) is 11.1 Å². The molecule has 3 aromatic rings. The van der Waals surface area contributed by atoms with Crippen LogP contribution in [0, 0.1) is 12.0 Å². The van der Waals surface area contributed by atoms with Crippen LogP contribution in [-0.4, -0.2) is 14.8 Å². The largest absolute Gasteiger partial charge is 1.00 e. The molecule has 5 heteroatoms. The third kappa shape index (κ3) is 5.26. The zero-order valence-electron chi connectivity index (χ0n) is 18.6. The molecule has 0 spiro atoms. The van der Waals surface area contributed by atoms with E-state index < -0.39 is 0 Å². The van der Waals surface area contributed by atoms with Crippen LogP contribution < -0.4 is 0 Å². The number of benzene rings is 1. The van der Waals surface area contributed by atoms with Gasteiger partial charge in [-0.1, -0.05) is 33.8 Å². The summed E-state index contributed by atoms with van der Waals surface area (Å²) in [4.78, 5) is 4.85. The van der Waals surface area contributed by atoms with E-state index in [1.807, 2.05) is 47.1 Å². The van der Waals surface area contributed by atoms with Crippen LogP contribution in [0.2, 0.25) is 0 Å². The van der Waals surface area contributed by atoms with E-state index >= 15 is 0 Å². The molecule has 2 aromatic heterocycles. The Hall–Kier alpha value is -2.24. The number of pyridine rings is 1. The summed E-state index contributed by atoms with van der Waals surface area (Å²) in [5, 5.41) is 5.29. The molecule has 1 unspecified atom stereocenters. The van der Waals surface area contributed by atoms with E-state index in [4.69, 9.17) is 10.7 Å². The molecular formula is C25H30N4Os-. The van der Waals surface area contributed by atoms with Gasteiger partial charge < -0.3 is 15.5 Å². The van der Waals surface area contributed by atoms with Gasteiger partial charge in [0.05, 0.1) is 0 Å². The fraction of sp³-hybridized carbons (Fsp3) is 0.360. The minimum atomic E-state index is -0.0269. The quantitative estimate of drug-likeness (QED) is 0.290. The molecule has 1 aromatic carbocycles. The van der Waals surface area contributed by atoms with Gasteiger partial charge in [-0.05, 0) is 55.3 Å². The molecule has 4 nitrogen and oxygen atoms in total. The number of rotatable bonds is 1. The minimum absolute atomic E-state index is 0. The van der Waals surface area contributed by atoms with Gasteiger partial charge in [0.2, 0.25) is 0 Å². The Morgan fingerprint density at radius 2 is 1.77 bits per heavy atom. The molecule has 0 aliphatic heterocycles. The van der Waals surface area contributed by atoms with Crippen molar-refractivity contribution in [3.05, 3.63) is 77.2 Å². The first kappa shape index (κ1) is 24.0. The summed E-state index contributed by atoms with van der Waals surface area (Å²) in [6.45, 7) is 13.0. The molecule has 159 valence electrons. The van der Waals surface area contributed by atoms with Gasteiger partial charge in [0, 0.05) is 22.2 Å². The van der Waals surface area contributed by atoms with Crippen molar-refractivity contribution >= 4 is 22.5 Å². The number of fused-ring (bicyclic) bond motifs is 1. The summed E-state index contributed by atoms with van der Waals surface area (Å²) >= 11 is 0. The summed E-state index contributed by atoms with van der Waals surface area (Å²) in [7, 11) is 0. The van der Waals surface area contributed by atoms with Crippen molar-refractivity contribution in [2.24, 2.45) is 5.92 Å². The van der Waals surface area contributed by atoms with Crippen LogP contribution in [0.15, 0.2) is 59.7 Å². The summed E-state index contributed by atoms with van der Waals surface area (Å²) < 4.78 is 1.87. The van der Waals surface area contributed by atoms with Gasteiger partial charge in [-0.15, -0.1) is 0 Å². The van der Waals surface area contributed by atoms with Gasteiger partial charge >= 0.3 is 19.8 Å². The van der Waals surface area contributed by atoms with Gasteiger partial charge in [0.25, 0.3) is 0 Å². The van der Waals surface area contributed by atoms with Gasteiger partial charge in [-0.2, -0.15) is 36.4 Å². The first-order valence-electron chi connectivity index (χ1n) is 10.1. The average Bonchev–Trinajstić information content (AvgIpc) is 2.98. The van der Waals surface area contributed by atoms with E-state index in [-0.39, 0.29) is 25.2 Å². The van der Waals surface area contributed by atoms with Crippen LogP contribution in [0.3, 0.4) is 0 Å². The second-order valence-corrected chi connectivity index (χ2v) is 8.82. The molecule has 0 saturated heterocycles. The number of hydrogen-bond donors (Lipinski definition) is 0. The Labute approximate surface area is 193 Å². The Morgan fingerprint density at radius 3 is 2.27 bits per heavy atom. The van der Waals surface area contributed by atoms with E-state index in [0.29, 0.717) is 11.7 Å². The minimum Gasteiger partial charge on any atom is -0.480 e. The Balaban J connectivity index is 0.000000395. The monoisotopic (exact) mass is 578 g/mol. The number of aromatic nitrogens is 3. The van der Waals surface area contributed by atoms with Crippen molar-refractivity contribution < 1.29 is 19.8 Å². The molecule has 0 bridgehead atoms. The average molecular weight is 577 g/mol. The van der Waals surface area contributed by atoms with Gasteiger partial charge in [-0.3, -0.25) is 0 Å². The van der Waals surface area contributed by atoms with E-state index in [2.05, 4.69) is 58.8 Å². The van der Waals surface area contributed by atoms with Crippen LogP contribution in [0.4, 0.5) is 5.82 Å². The van der Waals surface area contributed by atoms with Crippen LogP contribution in [0.1, 0.15) is 53.7 Å². The van der Waals surface area contributed by atoms with Crippen LogP contribution in [-0.2, 0) is 25.2 Å². The number of nitrogens with one attached hydrogen (secondary N) is 1. The summed E-state index contributed by atoms with van der Waals surface area (Å²) in [6.07, 6.45) is 3.31. The predicted octanol–water partition coefficient (Wildman–Crippen LogP) is 7.11. The zero-order valence-corrected chi connectivity index (χ0v) is 21.1. The number of hydrogen-bond acceptors (Lipinski definition) is 2. The fourth-order valence-corrected chi connectivity index (χ4v) is 3.74. The standard InChI is InChI=1S/C19H25N4.C6H5.Os/c1-11-9-12(2)16(13(3)10-11)23-18-14(17(20)22-23)7-8-15(21-18)19(4,5)6;1-2-4-6-5-3-1;/h7-9,11H,10H2,1-6H3,(H-,20,22);1-5H;/q2*-1;+1. The molecule has 1 N–H and O–H groups in total. The van der Waals surface area contributed by atoms with Gasteiger partial charge in [0.1, 0.15) is 5.65 Å². The maximum Gasteiger partial charge on any atom is 1.00 e. The number of nitrogens with zero attached hydrogens (tertiary/aromatic N) is 3. The molecule has 1 aliphatic rings. The molecule has 0 saturated carbocycles. The van der Waals surface area contributed by atoms with Crippen LogP contribution in [0.5, 0.6) is 0 Å². The van der Waals surface area contributed by atoms with Crippen molar-refractivity contribution in [2.45, 2.75) is 53.4 Å². The molecule has 1 aliphatic carbocycles.